The van der Waals surface area contributed by atoms with Crippen LogP contribution in [0.5, 0.6) is 11.5 Å². The van der Waals surface area contributed by atoms with Gasteiger partial charge < -0.3 is 19.7 Å². The molecular weight excluding hydrogens is 380 g/mol. The molecule has 0 aromatic heterocycles. The summed E-state index contributed by atoms with van der Waals surface area (Å²) in [6.07, 6.45) is 1.76. The van der Waals surface area contributed by atoms with E-state index in [4.69, 9.17) is 21.1 Å². The van der Waals surface area contributed by atoms with Gasteiger partial charge in [-0.15, -0.1) is 0 Å². The third kappa shape index (κ3) is 4.64. The fourth-order valence-corrected chi connectivity index (χ4v) is 3.03. The zero-order valence-corrected chi connectivity index (χ0v) is 16.5. The van der Waals surface area contributed by atoms with Crippen LogP contribution in [0.15, 0.2) is 48.0 Å². The van der Waals surface area contributed by atoms with Crippen LogP contribution in [-0.4, -0.2) is 43.5 Å². The third-order valence-corrected chi connectivity index (χ3v) is 4.57. The highest BCUT2D eigenvalue weighted by molar-refractivity contribution is 6.30. The molecule has 146 valence electrons. The van der Waals surface area contributed by atoms with E-state index in [9.17, 15) is 9.59 Å². The normalized spacial score (nSPS) is 12.3. The van der Waals surface area contributed by atoms with E-state index in [1.54, 1.807) is 55.7 Å². The number of amides is 2. The molecule has 0 bridgehead atoms. The highest BCUT2D eigenvalue weighted by atomic mass is 35.5. The Hall–Kier alpha value is -2.99. The van der Waals surface area contributed by atoms with Crippen molar-refractivity contribution in [1.29, 1.82) is 0 Å². The van der Waals surface area contributed by atoms with Gasteiger partial charge in [0.05, 0.1) is 12.7 Å². The van der Waals surface area contributed by atoms with Crippen LogP contribution in [0, 0.1) is 0 Å². The Kier molecular flexibility index (Phi) is 6.21. The van der Waals surface area contributed by atoms with Gasteiger partial charge in [-0.25, -0.2) is 0 Å². The summed E-state index contributed by atoms with van der Waals surface area (Å²) in [7, 11) is 1.58. The van der Waals surface area contributed by atoms with Gasteiger partial charge in [-0.05, 0) is 55.5 Å². The van der Waals surface area contributed by atoms with Crippen LogP contribution in [0.3, 0.4) is 0 Å². The van der Waals surface area contributed by atoms with Crippen molar-refractivity contribution in [1.82, 2.24) is 4.90 Å². The minimum atomic E-state index is -0.277. The van der Waals surface area contributed by atoms with Crippen LogP contribution >= 0.6 is 11.6 Å². The van der Waals surface area contributed by atoms with E-state index >= 15 is 0 Å². The van der Waals surface area contributed by atoms with Gasteiger partial charge in [-0.1, -0.05) is 11.6 Å². The number of methoxy groups -OCH3 is 1. The van der Waals surface area contributed by atoms with Gasteiger partial charge in [0.2, 0.25) is 5.91 Å². The number of hydrogen-bond acceptors (Lipinski definition) is 4. The van der Waals surface area contributed by atoms with Crippen molar-refractivity contribution in [3.8, 4) is 11.5 Å². The van der Waals surface area contributed by atoms with Crippen molar-refractivity contribution in [2.24, 2.45) is 0 Å². The van der Waals surface area contributed by atoms with Gasteiger partial charge in [-0.2, -0.15) is 0 Å². The zero-order valence-electron chi connectivity index (χ0n) is 15.7. The highest BCUT2D eigenvalue weighted by Gasteiger charge is 2.23. The number of carbonyl (C=O) groups is 2. The van der Waals surface area contributed by atoms with Gasteiger partial charge in [0, 0.05) is 22.8 Å². The van der Waals surface area contributed by atoms with Gasteiger partial charge in [0.1, 0.15) is 24.7 Å². The minimum Gasteiger partial charge on any atom is -0.497 e. The van der Waals surface area contributed by atoms with E-state index in [2.05, 4.69) is 5.32 Å². The predicted octanol–water partition coefficient (Wildman–Crippen LogP) is 3.61. The fourth-order valence-electron chi connectivity index (χ4n) is 2.85. The number of halogens is 1. The summed E-state index contributed by atoms with van der Waals surface area (Å²) < 4.78 is 10.7. The Morgan fingerprint density at radius 3 is 2.64 bits per heavy atom. The minimum absolute atomic E-state index is 0.0545. The molecular formula is C21H21ClN2O4. The van der Waals surface area contributed by atoms with Crippen molar-refractivity contribution >= 4 is 35.2 Å². The Morgan fingerprint density at radius 1 is 1.21 bits per heavy atom. The Morgan fingerprint density at radius 2 is 1.96 bits per heavy atom. The molecule has 1 aliphatic rings. The lowest BCUT2D eigenvalue weighted by molar-refractivity contribution is -0.131. The topological polar surface area (TPSA) is 67.9 Å². The smallest absolute Gasteiger partial charge is 0.253 e. The molecule has 0 radical (unpaired) electrons. The molecule has 0 atom stereocenters. The summed E-state index contributed by atoms with van der Waals surface area (Å²) in [4.78, 5) is 26.7. The molecule has 1 aliphatic heterocycles. The zero-order chi connectivity index (χ0) is 20.1. The second kappa shape index (κ2) is 8.80. The van der Waals surface area contributed by atoms with Crippen LogP contribution in [0.1, 0.15) is 12.5 Å². The lowest BCUT2D eigenvalue weighted by Crippen LogP contribution is -2.39. The fraction of sp³-hybridized carbons (Fsp3) is 0.238. The maximum Gasteiger partial charge on any atom is 0.253 e. The molecule has 0 saturated heterocycles. The van der Waals surface area contributed by atoms with Crippen LogP contribution in [0.25, 0.3) is 6.08 Å². The summed E-state index contributed by atoms with van der Waals surface area (Å²) in [6.45, 7) is 2.33. The molecule has 0 aliphatic carbocycles. The molecule has 2 amide bonds. The quantitative estimate of drug-likeness (QED) is 0.804. The lowest BCUT2D eigenvalue weighted by atomic mass is 10.1. The predicted molar refractivity (Wildman–Crippen MR) is 109 cm³/mol. The number of carbonyl (C=O) groups excluding carboxylic acids is 2. The number of benzene rings is 2. The highest BCUT2D eigenvalue weighted by Crippen LogP contribution is 2.29. The largest absolute Gasteiger partial charge is 0.497 e. The number of rotatable bonds is 6. The van der Waals surface area contributed by atoms with E-state index < -0.39 is 0 Å². The standard InChI is InChI=1S/C21H21ClN2O4/c1-3-24(12-20(25)23-17-5-7-18(27-2)8-6-17)21(26)15-10-14-11-16(22)4-9-19(14)28-13-15/h4-11H,3,12-13H2,1-2H3,(H,23,25). The number of nitrogens with one attached hydrogen (secondary N) is 1. The average molecular weight is 401 g/mol. The first kappa shape index (κ1) is 19.8. The maximum absolute atomic E-state index is 12.8. The first-order chi connectivity index (χ1) is 13.5. The van der Waals surface area contributed by atoms with Crippen LogP contribution in [0.2, 0.25) is 5.02 Å². The number of nitrogens with zero attached hydrogens (tertiary/aromatic N) is 1. The molecule has 6 nitrogen and oxygen atoms in total. The summed E-state index contributed by atoms with van der Waals surface area (Å²) >= 11 is 6.02. The molecule has 0 spiro atoms. The first-order valence-corrected chi connectivity index (χ1v) is 9.24. The van der Waals surface area contributed by atoms with Gasteiger partial charge in [0.25, 0.3) is 5.91 Å². The van der Waals surface area contributed by atoms with Gasteiger partial charge in [-0.3, -0.25) is 9.59 Å². The van der Waals surface area contributed by atoms with Gasteiger partial charge >= 0.3 is 0 Å². The van der Waals surface area contributed by atoms with E-state index in [-0.39, 0.29) is 25.0 Å². The van der Waals surface area contributed by atoms with Crippen molar-refractivity contribution < 1.29 is 19.1 Å². The summed E-state index contributed by atoms with van der Waals surface area (Å²) in [6, 6.07) is 12.3. The number of hydrogen-bond donors (Lipinski definition) is 1. The molecule has 0 fully saturated rings. The third-order valence-electron chi connectivity index (χ3n) is 4.34. The average Bonchev–Trinajstić information content (AvgIpc) is 2.71. The molecule has 28 heavy (non-hydrogen) atoms. The number of fused-ring (bicyclic) bond motifs is 1. The van der Waals surface area contributed by atoms with E-state index in [0.29, 0.717) is 34.3 Å². The second-order valence-corrected chi connectivity index (χ2v) is 6.67. The maximum atomic E-state index is 12.8. The van der Waals surface area contributed by atoms with Crippen LogP contribution in [0.4, 0.5) is 5.69 Å². The van der Waals surface area contributed by atoms with Crippen molar-refractivity contribution in [3.05, 3.63) is 58.6 Å². The second-order valence-electron chi connectivity index (χ2n) is 6.24. The summed E-state index contributed by atoms with van der Waals surface area (Å²) in [5.41, 5.74) is 1.87. The Labute approximate surface area is 168 Å². The van der Waals surface area contributed by atoms with Crippen molar-refractivity contribution in [3.63, 3.8) is 0 Å². The van der Waals surface area contributed by atoms with E-state index in [1.165, 1.54) is 4.90 Å². The molecule has 3 rings (SSSR count). The van der Waals surface area contributed by atoms with Gasteiger partial charge in [0.15, 0.2) is 0 Å². The number of anilines is 1. The monoisotopic (exact) mass is 400 g/mol. The first-order valence-electron chi connectivity index (χ1n) is 8.86. The Balaban J connectivity index is 1.67. The van der Waals surface area contributed by atoms with Crippen LogP contribution < -0.4 is 14.8 Å². The SMILES string of the molecule is CCN(CC(=O)Nc1ccc(OC)cc1)C(=O)C1=Cc2cc(Cl)ccc2OC1. The molecule has 1 heterocycles. The van der Waals surface area contributed by atoms with Crippen molar-refractivity contribution in [2.75, 3.05) is 32.1 Å². The molecule has 0 saturated carbocycles. The van der Waals surface area contributed by atoms with Crippen LogP contribution in [-0.2, 0) is 9.59 Å². The molecule has 7 heteroatoms. The molecule has 2 aromatic rings. The van der Waals surface area contributed by atoms with E-state index in [0.717, 1.165) is 5.56 Å². The summed E-state index contributed by atoms with van der Waals surface area (Å²) in [5, 5.41) is 3.35. The summed E-state index contributed by atoms with van der Waals surface area (Å²) in [5.74, 6) is 0.869. The van der Waals surface area contributed by atoms with E-state index in [1.807, 2.05) is 6.92 Å². The molecule has 2 aromatic carbocycles. The number of likely N-dealkylation sites (N-methyl/N-ethyl adjacent to an activating group) is 1. The molecule has 1 N–H and O–H groups in total. The Bertz CT molecular complexity index is 909. The molecule has 0 unspecified atom stereocenters. The lowest BCUT2D eigenvalue weighted by Gasteiger charge is -2.24. The van der Waals surface area contributed by atoms with Crippen molar-refractivity contribution in [2.45, 2.75) is 6.92 Å². The number of ether oxygens (including phenoxy) is 2.